The molecule has 3 aromatic carbocycles. The molecule has 1 aromatic heterocycles. The number of hydrogen-bond acceptors (Lipinski definition) is 4. The van der Waals surface area contributed by atoms with Gasteiger partial charge >= 0.3 is 0 Å². The van der Waals surface area contributed by atoms with Crippen molar-refractivity contribution < 1.29 is 14.3 Å². The van der Waals surface area contributed by atoms with E-state index in [2.05, 4.69) is 15.9 Å². The number of hydrogen-bond donors (Lipinski definition) is 1. The zero-order chi connectivity index (χ0) is 21.7. The number of benzene rings is 3. The van der Waals surface area contributed by atoms with E-state index >= 15 is 0 Å². The summed E-state index contributed by atoms with van der Waals surface area (Å²) in [5, 5.41) is 11.0. The third-order valence-electron chi connectivity index (χ3n) is 5.41. The molecule has 4 aromatic rings. The van der Waals surface area contributed by atoms with E-state index in [0.29, 0.717) is 21.6 Å². The van der Waals surface area contributed by atoms with E-state index in [-0.39, 0.29) is 29.0 Å². The van der Waals surface area contributed by atoms with Crippen molar-refractivity contribution in [1.82, 2.24) is 4.90 Å². The molecule has 1 aliphatic rings. The second-order valence-corrected chi connectivity index (χ2v) is 8.66. The Kier molecular flexibility index (Phi) is 4.84. The van der Waals surface area contributed by atoms with Crippen LogP contribution in [0, 0.1) is 0 Å². The summed E-state index contributed by atoms with van der Waals surface area (Å²) in [7, 11) is 0. The van der Waals surface area contributed by atoms with Crippen LogP contribution in [0.15, 0.2) is 80.4 Å². The monoisotopic (exact) mass is 495 g/mol. The molecule has 1 aliphatic heterocycles. The maximum Gasteiger partial charge on any atom is 0.291 e. The summed E-state index contributed by atoms with van der Waals surface area (Å²) in [5.74, 6) is -0.339. The second-order valence-electron chi connectivity index (χ2n) is 7.34. The third-order valence-corrected chi connectivity index (χ3v) is 6.27. The van der Waals surface area contributed by atoms with E-state index < -0.39 is 11.9 Å². The Hall–Kier alpha value is -3.09. The van der Waals surface area contributed by atoms with Gasteiger partial charge in [-0.15, -0.1) is 0 Å². The zero-order valence-corrected chi connectivity index (χ0v) is 18.4. The van der Waals surface area contributed by atoms with Crippen molar-refractivity contribution in [3.8, 4) is 5.75 Å². The first-order valence-corrected chi connectivity index (χ1v) is 10.7. The molecule has 0 aliphatic carbocycles. The Labute approximate surface area is 190 Å². The molecule has 31 heavy (non-hydrogen) atoms. The highest BCUT2D eigenvalue weighted by Gasteiger charge is 2.43. The first-order valence-electron chi connectivity index (χ1n) is 9.53. The van der Waals surface area contributed by atoms with Crippen LogP contribution in [0.25, 0.3) is 11.0 Å². The SMILES string of the molecule is O=C1c2oc3ccc(Br)cc3c(=O)c2C(c2cccc(O)c2)N1Cc1ccccc1Cl. The molecule has 1 atom stereocenters. The van der Waals surface area contributed by atoms with Gasteiger partial charge in [0.25, 0.3) is 5.91 Å². The number of phenolic OH excluding ortho intramolecular Hbond substituents is 1. The summed E-state index contributed by atoms with van der Waals surface area (Å²) < 4.78 is 6.66. The van der Waals surface area contributed by atoms with E-state index in [1.54, 1.807) is 53.4 Å². The number of rotatable bonds is 3. The highest BCUT2D eigenvalue weighted by atomic mass is 79.9. The topological polar surface area (TPSA) is 70.8 Å². The molecule has 0 saturated carbocycles. The van der Waals surface area contributed by atoms with Gasteiger partial charge in [-0.05, 0) is 47.5 Å². The molecule has 154 valence electrons. The first-order chi connectivity index (χ1) is 14.9. The largest absolute Gasteiger partial charge is 0.508 e. The van der Waals surface area contributed by atoms with Gasteiger partial charge in [-0.25, -0.2) is 0 Å². The van der Waals surface area contributed by atoms with E-state index in [1.807, 2.05) is 18.2 Å². The Balaban J connectivity index is 1.75. The van der Waals surface area contributed by atoms with Crippen LogP contribution in [0.4, 0.5) is 0 Å². The molecule has 7 heteroatoms. The molecule has 0 fully saturated rings. The summed E-state index contributed by atoms with van der Waals surface area (Å²) in [4.78, 5) is 28.5. The lowest BCUT2D eigenvalue weighted by molar-refractivity contribution is 0.0714. The van der Waals surface area contributed by atoms with E-state index in [9.17, 15) is 14.7 Å². The number of amides is 1. The molecule has 2 heterocycles. The second kappa shape index (κ2) is 7.55. The fourth-order valence-corrected chi connectivity index (χ4v) is 4.56. The maximum absolute atomic E-state index is 13.5. The Morgan fingerprint density at radius 2 is 1.84 bits per heavy atom. The first kappa shape index (κ1) is 19.8. The van der Waals surface area contributed by atoms with Gasteiger partial charge in [0.15, 0.2) is 5.43 Å². The van der Waals surface area contributed by atoms with Crippen LogP contribution in [0.1, 0.15) is 33.3 Å². The molecule has 0 radical (unpaired) electrons. The van der Waals surface area contributed by atoms with Crippen LogP contribution < -0.4 is 5.43 Å². The summed E-state index contributed by atoms with van der Waals surface area (Å²) in [6.07, 6.45) is 0. The lowest BCUT2D eigenvalue weighted by atomic mass is 9.98. The van der Waals surface area contributed by atoms with Gasteiger partial charge in [0.1, 0.15) is 11.3 Å². The quantitative estimate of drug-likeness (QED) is 0.397. The maximum atomic E-state index is 13.5. The standard InChI is InChI=1S/C24H15BrClNO4/c25-15-8-9-19-17(11-15)22(29)20-21(13-5-3-6-16(28)10-13)27(24(30)23(20)31-19)12-14-4-1-2-7-18(14)26/h1-11,21,28H,12H2. The number of carbonyl (C=O) groups is 1. The van der Waals surface area contributed by atoms with E-state index in [4.69, 9.17) is 16.0 Å². The highest BCUT2D eigenvalue weighted by molar-refractivity contribution is 9.10. The zero-order valence-electron chi connectivity index (χ0n) is 16.0. The summed E-state index contributed by atoms with van der Waals surface area (Å²) in [6, 6.07) is 18.2. The fraction of sp³-hybridized carbons (Fsp3) is 0.0833. The lowest BCUT2D eigenvalue weighted by Gasteiger charge is -2.25. The van der Waals surface area contributed by atoms with Gasteiger partial charge in [-0.1, -0.05) is 57.9 Å². The smallest absolute Gasteiger partial charge is 0.291 e. The molecule has 5 rings (SSSR count). The van der Waals surface area contributed by atoms with Gasteiger partial charge in [-0.2, -0.15) is 0 Å². The Morgan fingerprint density at radius 3 is 2.61 bits per heavy atom. The summed E-state index contributed by atoms with van der Waals surface area (Å²) in [6.45, 7) is 0.183. The highest BCUT2D eigenvalue weighted by Crippen LogP contribution is 2.40. The van der Waals surface area contributed by atoms with Gasteiger partial charge in [-0.3, -0.25) is 9.59 Å². The number of phenols is 1. The predicted molar refractivity (Wildman–Crippen MR) is 121 cm³/mol. The van der Waals surface area contributed by atoms with Gasteiger partial charge < -0.3 is 14.4 Å². The normalized spacial score (nSPS) is 15.5. The summed E-state index contributed by atoms with van der Waals surface area (Å²) >= 11 is 9.73. The number of nitrogens with zero attached hydrogens (tertiary/aromatic N) is 1. The molecule has 1 N–H and O–H groups in total. The van der Waals surface area contributed by atoms with Crippen molar-refractivity contribution in [2.24, 2.45) is 0 Å². The molecule has 1 amide bonds. The number of carbonyl (C=O) groups excluding carboxylic acids is 1. The van der Waals surface area contributed by atoms with Gasteiger partial charge in [0, 0.05) is 16.0 Å². The van der Waals surface area contributed by atoms with Crippen molar-refractivity contribution in [3.05, 3.63) is 109 Å². The molecule has 1 unspecified atom stereocenters. The minimum atomic E-state index is -0.717. The minimum Gasteiger partial charge on any atom is -0.508 e. The van der Waals surface area contributed by atoms with Crippen molar-refractivity contribution in [3.63, 3.8) is 0 Å². The van der Waals surface area contributed by atoms with Crippen LogP contribution in [-0.4, -0.2) is 15.9 Å². The molecule has 0 saturated heterocycles. The molecule has 5 nitrogen and oxygen atoms in total. The Morgan fingerprint density at radius 1 is 1.03 bits per heavy atom. The van der Waals surface area contributed by atoms with Gasteiger partial charge in [0.05, 0.1) is 17.0 Å². The van der Waals surface area contributed by atoms with Crippen molar-refractivity contribution in [1.29, 1.82) is 0 Å². The molecular weight excluding hydrogens is 482 g/mol. The number of aromatic hydroxyl groups is 1. The van der Waals surface area contributed by atoms with Gasteiger partial charge in [0.2, 0.25) is 5.76 Å². The van der Waals surface area contributed by atoms with Crippen LogP contribution in [0.5, 0.6) is 5.75 Å². The fourth-order valence-electron chi connectivity index (χ4n) is 4.01. The van der Waals surface area contributed by atoms with Crippen LogP contribution in [0.2, 0.25) is 5.02 Å². The number of halogens is 2. The van der Waals surface area contributed by atoms with Crippen LogP contribution in [0.3, 0.4) is 0 Å². The molecule has 0 bridgehead atoms. The average molecular weight is 497 g/mol. The molecular formula is C24H15BrClNO4. The van der Waals surface area contributed by atoms with Crippen molar-refractivity contribution in [2.45, 2.75) is 12.6 Å². The minimum absolute atomic E-state index is 0.0141. The predicted octanol–water partition coefficient (Wildman–Crippen LogP) is 5.66. The van der Waals surface area contributed by atoms with Crippen LogP contribution in [-0.2, 0) is 6.54 Å². The summed E-state index contributed by atoms with van der Waals surface area (Å²) in [5.41, 5.74) is 1.68. The van der Waals surface area contributed by atoms with Crippen LogP contribution >= 0.6 is 27.5 Å². The Bertz CT molecular complexity index is 1410. The lowest BCUT2D eigenvalue weighted by Crippen LogP contribution is -2.29. The van der Waals surface area contributed by atoms with E-state index in [1.165, 1.54) is 0 Å². The van der Waals surface area contributed by atoms with Crippen molar-refractivity contribution in [2.75, 3.05) is 0 Å². The number of fused-ring (bicyclic) bond motifs is 2. The molecule has 0 spiro atoms. The average Bonchev–Trinajstić information content (AvgIpc) is 3.02. The van der Waals surface area contributed by atoms with E-state index in [0.717, 1.165) is 10.0 Å². The van der Waals surface area contributed by atoms with Crippen molar-refractivity contribution >= 4 is 44.4 Å². The third kappa shape index (κ3) is 3.32.